The maximum Gasteiger partial charge on any atom is 0.164 e. The van der Waals surface area contributed by atoms with E-state index in [-0.39, 0.29) is 5.54 Å². The number of nitrogens with one attached hydrogen (secondary N) is 1. The van der Waals surface area contributed by atoms with Gasteiger partial charge in [-0.05, 0) is 51.9 Å². The Bertz CT molecular complexity index is 405. The lowest BCUT2D eigenvalue weighted by molar-refractivity contribution is 0.200. The van der Waals surface area contributed by atoms with E-state index < -0.39 is 0 Å². The molecule has 0 radical (unpaired) electrons. The lowest BCUT2D eigenvalue weighted by atomic mass is 9.79. The van der Waals surface area contributed by atoms with E-state index in [1.807, 2.05) is 6.33 Å². The molecule has 2 rings (SSSR count). The highest BCUT2D eigenvalue weighted by Gasteiger charge is 2.26. The average molecular weight is 264 g/mol. The molecule has 4 heteroatoms. The van der Waals surface area contributed by atoms with E-state index in [4.69, 9.17) is 0 Å². The maximum absolute atomic E-state index is 4.64. The quantitative estimate of drug-likeness (QED) is 0.912. The van der Waals surface area contributed by atoms with Crippen LogP contribution in [0.1, 0.15) is 65.7 Å². The predicted molar refractivity (Wildman–Crippen MR) is 77.8 cm³/mol. The molecule has 1 aromatic rings. The third-order valence-electron chi connectivity index (χ3n) is 4.28. The van der Waals surface area contributed by atoms with Gasteiger partial charge in [0, 0.05) is 5.54 Å². The van der Waals surface area contributed by atoms with Gasteiger partial charge in [-0.25, -0.2) is 9.67 Å². The van der Waals surface area contributed by atoms with Crippen LogP contribution in [0.15, 0.2) is 6.33 Å². The summed E-state index contributed by atoms with van der Waals surface area (Å²) in [5.41, 5.74) is 0.111. The summed E-state index contributed by atoms with van der Waals surface area (Å²) in [7, 11) is 0. The molecule has 0 saturated heterocycles. The summed E-state index contributed by atoms with van der Waals surface area (Å²) in [6.07, 6.45) is 5.69. The number of hydrogen-bond acceptors (Lipinski definition) is 3. The molecular formula is C15H28N4. The Kier molecular flexibility index (Phi) is 4.29. The molecule has 0 aromatic carbocycles. The van der Waals surface area contributed by atoms with E-state index in [1.165, 1.54) is 19.3 Å². The summed E-state index contributed by atoms with van der Waals surface area (Å²) >= 11 is 0. The number of nitrogens with zero attached hydrogens (tertiary/aromatic N) is 3. The Morgan fingerprint density at radius 1 is 1.26 bits per heavy atom. The van der Waals surface area contributed by atoms with Crippen molar-refractivity contribution in [3.05, 3.63) is 12.2 Å². The zero-order chi connectivity index (χ0) is 14.0. The number of rotatable bonds is 3. The summed E-state index contributed by atoms with van der Waals surface area (Å²) in [5.74, 6) is 2.54. The summed E-state index contributed by atoms with van der Waals surface area (Å²) < 4.78 is 2.09. The van der Waals surface area contributed by atoms with Crippen LogP contribution in [0, 0.1) is 11.8 Å². The molecule has 0 bridgehead atoms. The lowest BCUT2D eigenvalue weighted by Crippen LogP contribution is -2.35. The molecule has 4 nitrogen and oxygen atoms in total. The maximum atomic E-state index is 4.64. The molecule has 1 aromatic heterocycles. The van der Waals surface area contributed by atoms with E-state index in [2.05, 4.69) is 54.7 Å². The van der Waals surface area contributed by atoms with E-state index >= 15 is 0 Å². The molecule has 1 aliphatic carbocycles. The normalized spacial score (nSPS) is 28.6. The Morgan fingerprint density at radius 3 is 2.63 bits per heavy atom. The number of hydrogen-bond donors (Lipinski definition) is 1. The van der Waals surface area contributed by atoms with E-state index in [9.17, 15) is 0 Å². The van der Waals surface area contributed by atoms with Gasteiger partial charge >= 0.3 is 0 Å². The van der Waals surface area contributed by atoms with Gasteiger partial charge < -0.3 is 5.32 Å². The van der Waals surface area contributed by atoms with Crippen molar-refractivity contribution in [1.82, 2.24) is 20.1 Å². The summed E-state index contributed by atoms with van der Waals surface area (Å²) in [5, 5.41) is 8.07. The third-order valence-corrected chi connectivity index (χ3v) is 4.28. The fourth-order valence-corrected chi connectivity index (χ4v) is 2.67. The first-order valence-electron chi connectivity index (χ1n) is 7.50. The zero-order valence-corrected chi connectivity index (χ0v) is 13.0. The van der Waals surface area contributed by atoms with Crippen molar-refractivity contribution in [2.45, 2.75) is 72.0 Å². The van der Waals surface area contributed by atoms with Gasteiger partial charge in [-0.15, -0.1) is 0 Å². The second kappa shape index (κ2) is 5.61. The second-order valence-corrected chi connectivity index (χ2v) is 7.17. The van der Waals surface area contributed by atoms with Gasteiger partial charge in [0.15, 0.2) is 5.82 Å². The highest BCUT2D eigenvalue weighted by Crippen LogP contribution is 2.35. The fourth-order valence-electron chi connectivity index (χ4n) is 2.67. The largest absolute Gasteiger partial charge is 0.305 e. The van der Waals surface area contributed by atoms with Crippen molar-refractivity contribution in [3.63, 3.8) is 0 Å². The highest BCUT2D eigenvalue weighted by atomic mass is 15.3. The van der Waals surface area contributed by atoms with Gasteiger partial charge in [-0.2, -0.15) is 5.10 Å². The molecule has 108 valence electrons. The van der Waals surface area contributed by atoms with Crippen molar-refractivity contribution in [3.8, 4) is 0 Å². The van der Waals surface area contributed by atoms with Crippen LogP contribution in [0.4, 0.5) is 0 Å². The van der Waals surface area contributed by atoms with Gasteiger partial charge in [0.05, 0.1) is 12.6 Å². The highest BCUT2D eigenvalue weighted by molar-refractivity contribution is 4.87. The first kappa shape index (κ1) is 14.5. The molecule has 0 spiro atoms. The summed E-state index contributed by atoms with van der Waals surface area (Å²) in [6, 6.07) is 0.544. The second-order valence-electron chi connectivity index (χ2n) is 7.17. The third kappa shape index (κ3) is 4.03. The van der Waals surface area contributed by atoms with Crippen molar-refractivity contribution >= 4 is 0 Å². The summed E-state index contributed by atoms with van der Waals surface area (Å²) in [6.45, 7) is 11.9. The minimum Gasteiger partial charge on any atom is -0.305 e. The van der Waals surface area contributed by atoms with Crippen LogP contribution < -0.4 is 5.32 Å². The topological polar surface area (TPSA) is 42.7 Å². The summed E-state index contributed by atoms with van der Waals surface area (Å²) in [4.78, 5) is 4.43. The van der Waals surface area contributed by atoms with Crippen LogP contribution in [0.25, 0.3) is 0 Å². The average Bonchev–Trinajstić information content (AvgIpc) is 2.78. The van der Waals surface area contributed by atoms with Crippen LogP contribution in [0.3, 0.4) is 0 Å². The fraction of sp³-hybridized carbons (Fsp3) is 0.867. The lowest BCUT2D eigenvalue weighted by Gasteiger charge is -2.31. The van der Waals surface area contributed by atoms with E-state index in [0.29, 0.717) is 6.04 Å². The molecule has 1 aliphatic rings. The van der Waals surface area contributed by atoms with Crippen LogP contribution in [0.2, 0.25) is 0 Å². The minimum absolute atomic E-state index is 0.111. The minimum atomic E-state index is 0.111. The van der Waals surface area contributed by atoms with Crippen LogP contribution in [0.5, 0.6) is 0 Å². The van der Waals surface area contributed by atoms with Crippen LogP contribution in [-0.2, 0) is 6.54 Å². The van der Waals surface area contributed by atoms with Crippen LogP contribution in [-0.4, -0.2) is 20.3 Å². The molecule has 0 aliphatic heterocycles. The van der Waals surface area contributed by atoms with Gasteiger partial charge in [-0.3, -0.25) is 0 Å². The molecule has 1 saturated carbocycles. The molecule has 19 heavy (non-hydrogen) atoms. The smallest absolute Gasteiger partial charge is 0.164 e. The van der Waals surface area contributed by atoms with E-state index in [1.54, 1.807) is 0 Å². The Hall–Kier alpha value is -0.900. The first-order valence-corrected chi connectivity index (χ1v) is 7.50. The van der Waals surface area contributed by atoms with Gasteiger partial charge in [0.1, 0.15) is 6.33 Å². The first-order chi connectivity index (χ1) is 8.85. The Labute approximate surface area is 117 Å². The molecule has 0 amide bonds. The van der Waals surface area contributed by atoms with Crippen molar-refractivity contribution in [2.75, 3.05) is 0 Å². The Morgan fingerprint density at radius 2 is 2.00 bits per heavy atom. The molecule has 1 fully saturated rings. The predicted octanol–water partition coefficient (Wildman–Crippen LogP) is 3.16. The van der Waals surface area contributed by atoms with Crippen LogP contribution >= 0.6 is 0 Å². The molecule has 3 atom stereocenters. The monoisotopic (exact) mass is 264 g/mol. The Balaban J connectivity index is 1.93. The van der Waals surface area contributed by atoms with Crippen molar-refractivity contribution < 1.29 is 0 Å². The molecule has 1 heterocycles. The van der Waals surface area contributed by atoms with E-state index in [0.717, 1.165) is 24.2 Å². The molecular weight excluding hydrogens is 236 g/mol. The molecule has 3 unspecified atom stereocenters. The van der Waals surface area contributed by atoms with Gasteiger partial charge in [0.2, 0.25) is 0 Å². The SMILES string of the molecule is CC1CCC(n2cnc(CNC(C)(C)C)n2)CC1C. The zero-order valence-electron chi connectivity index (χ0n) is 13.0. The van der Waals surface area contributed by atoms with Crippen molar-refractivity contribution in [1.29, 1.82) is 0 Å². The molecule has 1 N–H and O–H groups in total. The number of aromatic nitrogens is 3. The van der Waals surface area contributed by atoms with Gasteiger partial charge in [0.25, 0.3) is 0 Å². The standard InChI is InChI=1S/C15H28N4/c1-11-6-7-13(8-12(11)2)19-10-16-14(18-19)9-17-15(3,4)5/h10-13,17H,6-9H2,1-5H3. The van der Waals surface area contributed by atoms with Gasteiger partial charge in [-0.1, -0.05) is 13.8 Å². The van der Waals surface area contributed by atoms with Crippen molar-refractivity contribution in [2.24, 2.45) is 11.8 Å².